The Morgan fingerprint density at radius 3 is 2.46 bits per heavy atom. The molecule has 1 aromatic heterocycles. The summed E-state index contributed by atoms with van der Waals surface area (Å²) in [5.74, 6) is 1.43. The van der Waals surface area contributed by atoms with Crippen molar-refractivity contribution in [1.82, 2.24) is 25.5 Å². The van der Waals surface area contributed by atoms with E-state index in [4.69, 9.17) is 9.47 Å². The van der Waals surface area contributed by atoms with Gasteiger partial charge >= 0.3 is 0 Å². The lowest BCUT2D eigenvalue weighted by molar-refractivity contribution is -0.127. The first-order chi connectivity index (χ1) is 17.8. The molecule has 0 aliphatic carbocycles. The molecule has 1 atom stereocenters. The van der Waals surface area contributed by atoms with Crippen LogP contribution in [0.5, 0.6) is 11.5 Å². The molecule has 0 bridgehead atoms. The fourth-order valence-corrected chi connectivity index (χ4v) is 4.00. The monoisotopic (exact) mass is 508 g/mol. The van der Waals surface area contributed by atoms with Crippen molar-refractivity contribution in [3.8, 4) is 22.9 Å². The lowest BCUT2D eigenvalue weighted by Crippen LogP contribution is -2.51. The number of hydrogen-bond donors (Lipinski definition) is 1. The van der Waals surface area contributed by atoms with Gasteiger partial charge in [-0.15, -0.1) is 10.2 Å². The Labute approximate surface area is 217 Å². The van der Waals surface area contributed by atoms with Gasteiger partial charge in [-0.05, 0) is 60.7 Å². The van der Waals surface area contributed by atoms with Crippen LogP contribution in [0.2, 0.25) is 0 Å². The number of carbonyl (C=O) groups excluding carboxylic acids is 2. The Bertz CT molecular complexity index is 1210. The standard InChI is InChI=1S/C27H36N6O4/c1-7-21(27(35)28-15-14-18(2)3)33(22-11-9-8-10-19(22)4)25(34)17-32-30-26(29-31-32)20-12-13-23(36-5)24(16-20)37-6/h8-13,16,18,21H,7,14-15,17H2,1-6H3,(H,28,35)/t21-/m0/s1. The second-order valence-electron chi connectivity index (χ2n) is 9.16. The third-order valence-electron chi connectivity index (χ3n) is 6.04. The predicted molar refractivity (Wildman–Crippen MR) is 142 cm³/mol. The van der Waals surface area contributed by atoms with Gasteiger partial charge in [0.05, 0.1) is 14.2 Å². The molecule has 0 saturated heterocycles. The maximum atomic E-state index is 13.7. The van der Waals surface area contributed by atoms with Crippen LogP contribution in [-0.2, 0) is 16.1 Å². The minimum absolute atomic E-state index is 0.176. The van der Waals surface area contributed by atoms with Gasteiger partial charge < -0.3 is 14.8 Å². The number of aryl methyl sites for hydroxylation is 1. The van der Waals surface area contributed by atoms with E-state index in [1.54, 1.807) is 37.3 Å². The van der Waals surface area contributed by atoms with Crippen LogP contribution in [0, 0.1) is 12.8 Å². The van der Waals surface area contributed by atoms with E-state index < -0.39 is 6.04 Å². The molecule has 10 nitrogen and oxygen atoms in total. The molecular formula is C27H36N6O4. The molecule has 1 heterocycles. The normalized spacial score (nSPS) is 11.8. The zero-order chi connectivity index (χ0) is 26.9. The van der Waals surface area contributed by atoms with Gasteiger partial charge in [0.2, 0.25) is 11.7 Å². The van der Waals surface area contributed by atoms with Crippen molar-refractivity contribution >= 4 is 17.5 Å². The number of ether oxygens (including phenoxy) is 2. The van der Waals surface area contributed by atoms with Gasteiger partial charge in [0, 0.05) is 17.8 Å². The zero-order valence-corrected chi connectivity index (χ0v) is 22.4. The van der Waals surface area contributed by atoms with Crippen LogP contribution in [0.1, 0.15) is 39.2 Å². The molecule has 198 valence electrons. The number of nitrogens with zero attached hydrogens (tertiary/aromatic N) is 5. The van der Waals surface area contributed by atoms with Gasteiger partial charge in [-0.2, -0.15) is 4.80 Å². The van der Waals surface area contributed by atoms with Gasteiger partial charge in [-0.3, -0.25) is 14.5 Å². The van der Waals surface area contributed by atoms with Crippen LogP contribution in [0.25, 0.3) is 11.4 Å². The van der Waals surface area contributed by atoms with E-state index in [1.807, 2.05) is 38.1 Å². The van der Waals surface area contributed by atoms with E-state index in [1.165, 1.54) is 4.80 Å². The number of tetrazole rings is 1. The molecule has 0 spiro atoms. The van der Waals surface area contributed by atoms with E-state index in [-0.39, 0.29) is 18.4 Å². The largest absolute Gasteiger partial charge is 0.493 e. The summed E-state index contributed by atoms with van der Waals surface area (Å²) in [6, 6.07) is 12.1. The van der Waals surface area contributed by atoms with Crippen molar-refractivity contribution in [1.29, 1.82) is 0 Å². The van der Waals surface area contributed by atoms with Crippen LogP contribution in [0.4, 0.5) is 5.69 Å². The van der Waals surface area contributed by atoms with Crippen LogP contribution in [0.3, 0.4) is 0 Å². The minimum Gasteiger partial charge on any atom is -0.493 e. The van der Waals surface area contributed by atoms with E-state index in [2.05, 4.69) is 34.6 Å². The summed E-state index contributed by atoms with van der Waals surface area (Å²) in [6.07, 6.45) is 1.32. The molecule has 0 unspecified atom stereocenters. The summed E-state index contributed by atoms with van der Waals surface area (Å²) in [5.41, 5.74) is 2.24. The number of amides is 2. The highest BCUT2D eigenvalue weighted by atomic mass is 16.5. The molecule has 37 heavy (non-hydrogen) atoms. The van der Waals surface area contributed by atoms with E-state index >= 15 is 0 Å². The number of carbonyl (C=O) groups is 2. The number of benzene rings is 2. The highest BCUT2D eigenvalue weighted by molar-refractivity contribution is 6.01. The first-order valence-corrected chi connectivity index (χ1v) is 12.4. The van der Waals surface area contributed by atoms with Crippen molar-refractivity contribution in [2.45, 2.75) is 53.1 Å². The molecule has 1 N–H and O–H groups in total. The Kier molecular flexibility index (Phi) is 9.59. The lowest BCUT2D eigenvalue weighted by atomic mass is 10.1. The van der Waals surface area contributed by atoms with Crippen molar-refractivity contribution in [3.63, 3.8) is 0 Å². The molecule has 2 aromatic carbocycles. The Morgan fingerprint density at radius 2 is 1.81 bits per heavy atom. The van der Waals surface area contributed by atoms with Crippen molar-refractivity contribution in [2.24, 2.45) is 5.92 Å². The Hall–Kier alpha value is -3.95. The van der Waals surface area contributed by atoms with Crippen LogP contribution in [0.15, 0.2) is 42.5 Å². The Morgan fingerprint density at radius 1 is 1.08 bits per heavy atom. The van der Waals surface area contributed by atoms with Crippen LogP contribution >= 0.6 is 0 Å². The first kappa shape index (κ1) is 27.6. The number of rotatable bonds is 12. The van der Waals surface area contributed by atoms with Crippen molar-refractivity contribution in [2.75, 3.05) is 25.7 Å². The fourth-order valence-electron chi connectivity index (χ4n) is 4.00. The molecule has 3 rings (SSSR count). The summed E-state index contributed by atoms with van der Waals surface area (Å²) in [7, 11) is 3.11. The van der Waals surface area contributed by atoms with Crippen molar-refractivity contribution in [3.05, 3.63) is 48.0 Å². The Balaban J connectivity index is 1.86. The molecule has 0 aliphatic rings. The quantitative estimate of drug-likeness (QED) is 0.398. The average molecular weight is 509 g/mol. The summed E-state index contributed by atoms with van der Waals surface area (Å²) < 4.78 is 10.6. The van der Waals surface area contributed by atoms with E-state index in [0.29, 0.717) is 47.5 Å². The van der Waals surface area contributed by atoms with E-state index in [0.717, 1.165) is 12.0 Å². The van der Waals surface area contributed by atoms with Gasteiger partial charge in [0.25, 0.3) is 5.91 Å². The lowest BCUT2D eigenvalue weighted by Gasteiger charge is -2.31. The topological polar surface area (TPSA) is 111 Å². The van der Waals surface area contributed by atoms with Crippen molar-refractivity contribution < 1.29 is 19.1 Å². The fraction of sp³-hybridized carbons (Fsp3) is 0.444. The molecule has 0 saturated carbocycles. The summed E-state index contributed by atoms with van der Waals surface area (Å²) >= 11 is 0. The second-order valence-corrected chi connectivity index (χ2v) is 9.16. The average Bonchev–Trinajstić information content (AvgIpc) is 3.35. The maximum Gasteiger partial charge on any atom is 0.251 e. The minimum atomic E-state index is -0.672. The molecule has 2 amide bonds. The smallest absolute Gasteiger partial charge is 0.251 e. The third-order valence-corrected chi connectivity index (χ3v) is 6.04. The van der Waals surface area contributed by atoms with Gasteiger partial charge in [0.15, 0.2) is 11.5 Å². The van der Waals surface area contributed by atoms with Gasteiger partial charge in [0.1, 0.15) is 12.6 Å². The first-order valence-electron chi connectivity index (χ1n) is 12.4. The molecule has 3 aromatic rings. The van der Waals surface area contributed by atoms with Crippen LogP contribution < -0.4 is 19.7 Å². The number of aromatic nitrogens is 4. The highest BCUT2D eigenvalue weighted by Gasteiger charge is 2.31. The number of para-hydroxylation sites is 1. The molecule has 0 radical (unpaired) electrons. The molecule has 0 aliphatic heterocycles. The van der Waals surface area contributed by atoms with Gasteiger partial charge in [-0.25, -0.2) is 0 Å². The number of nitrogens with one attached hydrogen (secondary N) is 1. The highest BCUT2D eigenvalue weighted by Crippen LogP contribution is 2.31. The third kappa shape index (κ3) is 6.84. The van der Waals surface area contributed by atoms with Crippen LogP contribution in [-0.4, -0.2) is 58.8 Å². The van der Waals surface area contributed by atoms with E-state index in [9.17, 15) is 9.59 Å². The number of hydrogen-bond acceptors (Lipinski definition) is 7. The SMILES string of the molecule is CC[C@@H](C(=O)NCCC(C)C)N(C(=O)Cn1nnc(-c2ccc(OC)c(OC)c2)n1)c1ccccc1C. The number of anilines is 1. The van der Waals surface area contributed by atoms with Gasteiger partial charge in [-0.1, -0.05) is 39.0 Å². The molecular weight excluding hydrogens is 472 g/mol. The predicted octanol–water partition coefficient (Wildman–Crippen LogP) is 3.64. The molecule has 0 fully saturated rings. The summed E-state index contributed by atoms with van der Waals surface area (Å²) in [4.78, 5) is 29.6. The second kappa shape index (κ2) is 12.8. The number of methoxy groups -OCH3 is 2. The molecule has 10 heteroatoms. The summed E-state index contributed by atoms with van der Waals surface area (Å²) in [5, 5.41) is 15.6. The summed E-state index contributed by atoms with van der Waals surface area (Å²) in [6.45, 7) is 8.41. The maximum absolute atomic E-state index is 13.7. The zero-order valence-electron chi connectivity index (χ0n) is 22.4.